The molecule has 1 saturated heterocycles. The van der Waals surface area contributed by atoms with Crippen molar-refractivity contribution in [3.05, 3.63) is 72.9 Å². The van der Waals surface area contributed by atoms with Crippen LogP contribution in [0.1, 0.15) is 25.5 Å². The highest BCUT2D eigenvalue weighted by atomic mass is 19.1. The highest BCUT2D eigenvalue weighted by molar-refractivity contribution is 5.99. The van der Waals surface area contributed by atoms with Crippen molar-refractivity contribution in [2.45, 2.75) is 25.5 Å². The van der Waals surface area contributed by atoms with Gasteiger partial charge in [0.2, 0.25) is 0 Å². The van der Waals surface area contributed by atoms with Crippen LogP contribution in [0.2, 0.25) is 0 Å². The molecule has 2 aromatic heterocycles. The first-order valence-electron chi connectivity index (χ1n) is 9.60. The fourth-order valence-electron chi connectivity index (χ4n) is 3.98. The maximum atomic E-state index is 14.4. The lowest BCUT2D eigenvalue weighted by molar-refractivity contribution is -0.0383. The van der Waals surface area contributed by atoms with Gasteiger partial charge in [0, 0.05) is 35.5 Å². The van der Waals surface area contributed by atoms with Crippen molar-refractivity contribution in [3.63, 3.8) is 0 Å². The Hall–Kier alpha value is -3.05. The van der Waals surface area contributed by atoms with E-state index in [4.69, 9.17) is 9.84 Å². The van der Waals surface area contributed by atoms with Crippen LogP contribution in [0.15, 0.2) is 67.1 Å². The predicted molar refractivity (Wildman–Crippen MR) is 107 cm³/mol. The molecule has 0 saturated carbocycles. The summed E-state index contributed by atoms with van der Waals surface area (Å²) >= 11 is 0. The summed E-state index contributed by atoms with van der Waals surface area (Å²) < 4.78 is 22.4. The van der Waals surface area contributed by atoms with Crippen LogP contribution in [0.5, 0.6) is 0 Å². The second kappa shape index (κ2) is 7.17. The molecular formula is C23H20FN3O. The van der Waals surface area contributed by atoms with Crippen LogP contribution >= 0.6 is 0 Å². The smallest absolute Gasteiger partial charge is 0.150 e. The average Bonchev–Trinajstić information content (AvgIpc) is 3.20. The normalized spacial score (nSPS) is 17.1. The van der Waals surface area contributed by atoms with Crippen LogP contribution in [-0.2, 0) is 4.74 Å². The van der Waals surface area contributed by atoms with Gasteiger partial charge in [-0.2, -0.15) is 5.10 Å². The lowest BCUT2D eigenvalue weighted by atomic mass is 9.96. The number of benzene rings is 2. The van der Waals surface area contributed by atoms with Gasteiger partial charge < -0.3 is 4.74 Å². The molecule has 0 radical (unpaired) electrons. The van der Waals surface area contributed by atoms with Crippen molar-refractivity contribution in [1.29, 1.82) is 0 Å². The minimum Gasteiger partial charge on any atom is -0.356 e. The number of hydrogen-bond acceptors (Lipinski definition) is 3. The third kappa shape index (κ3) is 2.88. The van der Waals surface area contributed by atoms with Gasteiger partial charge in [-0.15, -0.1) is 0 Å². The molecule has 4 aromatic rings. The molecule has 5 heteroatoms. The van der Waals surface area contributed by atoms with Crippen molar-refractivity contribution < 1.29 is 9.13 Å². The fraction of sp³-hybridized carbons (Fsp3) is 0.217. The largest absolute Gasteiger partial charge is 0.356 e. The third-order valence-electron chi connectivity index (χ3n) is 5.34. The molecular weight excluding hydrogens is 353 g/mol. The predicted octanol–water partition coefficient (Wildman–Crippen LogP) is 5.60. The SMILES string of the molecule is Fc1ccc(-c2c(-c3ccncc3)cnn2C2CCCCO2)c2ccccc12. The number of rotatable bonds is 3. The van der Waals surface area contributed by atoms with E-state index in [1.807, 2.05) is 53.3 Å². The van der Waals surface area contributed by atoms with Crippen LogP contribution in [-0.4, -0.2) is 21.4 Å². The summed E-state index contributed by atoms with van der Waals surface area (Å²) in [6.07, 6.45) is 8.42. The molecule has 0 bridgehead atoms. The van der Waals surface area contributed by atoms with Crippen molar-refractivity contribution in [2.24, 2.45) is 0 Å². The highest BCUT2D eigenvalue weighted by Gasteiger charge is 2.24. The fourth-order valence-corrected chi connectivity index (χ4v) is 3.98. The van der Waals surface area contributed by atoms with Crippen LogP contribution in [0.4, 0.5) is 4.39 Å². The number of ether oxygens (including phenoxy) is 1. The second-order valence-corrected chi connectivity index (χ2v) is 7.05. The zero-order valence-electron chi connectivity index (χ0n) is 15.4. The molecule has 5 rings (SSSR count). The van der Waals surface area contributed by atoms with Gasteiger partial charge in [-0.25, -0.2) is 9.07 Å². The minimum atomic E-state index is -0.218. The lowest BCUT2D eigenvalue weighted by Crippen LogP contribution is -2.20. The number of hydrogen-bond donors (Lipinski definition) is 0. The molecule has 4 nitrogen and oxygen atoms in total. The maximum Gasteiger partial charge on any atom is 0.150 e. The summed E-state index contributed by atoms with van der Waals surface area (Å²) in [5.41, 5.74) is 3.93. The lowest BCUT2D eigenvalue weighted by Gasteiger charge is -2.25. The average molecular weight is 373 g/mol. The molecule has 1 atom stereocenters. The van der Waals surface area contributed by atoms with E-state index in [-0.39, 0.29) is 12.0 Å². The van der Waals surface area contributed by atoms with Gasteiger partial charge in [-0.05, 0) is 54.5 Å². The summed E-state index contributed by atoms with van der Waals surface area (Å²) in [4.78, 5) is 4.13. The topological polar surface area (TPSA) is 39.9 Å². The zero-order valence-corrected chi connectivity index (χ0v) is 15.4. The van der Waals surface area contributed by atoms with E-state index in [1.165, 1.54) is 6.07 Å². The van der Waals surface area contributed by atoms with Crippen molar-refractivity contribution in [3.8, 4) is 22.4 Å². The Labute approximate surface area is 162 Å². The number of fused-ring (bicyclic) bond motifs is 1. The summed E-state index contributed by atoms with van der Waals surface area (Å²) in [7, 11) is 0. The van der Waals surface area contributed by atoms with E-state index in [0.29, 0.717) is 5.39 Å². The van der Waals surface area contributed by atoms with Gasteiger partial charge >= 0.3 is 0 Å². The first-order chi connectivity index (χ1) is 13.8. The molecule has 0 amide bonds. The van der Waals surface area contributed by atoms with Crippen LogP contribution in [0, 0.1) is 5.82 Å². The van der Waals surface area contributed by atoms with Crippen LogP contribution in [0.25, 0.3) is 33.2 Å². The first kappa shape index (κ1) is 17.1. The quantitative estimate of drug-likeness (QED) is 0.469. The molecule has 0 spiro atoms. The summed E-state index contributed by atoms with van der Waals surface area (Å²) in [6, 6.07) is 14.9. The van der Waals surface area contributed by atoms with Crippen molar-refractivity contribution in [1.82, 2.24) is 14.8 Å². The molecule has 1 aliphatic rings. The van der Waals surface area contributed by atoms with Gasteiger partial charge in [0.05, 0.1) is 11.9 Å². The Morgan fingerprint density at radius 3 is 2.54 bits per heavy atom. The van der Waals surface area contributed by atoms with Gasteiger partial charge in [-0.3, -0.25) is 4.98 Å². The number of halogens is 1. The van der Waals surface area contributed by atoms with Gasteiger partial charge in [0.1, 0.15) is 5.82 Å². The molecule has 2 aromatic carbocycles. The van der Waals surface area contributed by atoms with Crippen LogP contribution < -0.4 is 0 Å². The van der Waals surface area contributed by atoms with E-state index in [9.17, 15) is 4.39 Å². The summed E-state index contributed by atoms with van der Waals surface area (Å²) in [5, 5.41) is 6.18. The molecule has 28 heavy (non-hydrogen) atoms. The summed E-state index contributed by atoms with van der Waals surface area (Å²) in [5.74, 6) is -0.218. The first-order valence-corrected chi connectivity index (χ1v) is 9.60. The summed E-state index contributed by atoms with van der Waals surface area (Å²) in [6.45, 7) is 0.735. The van der Waals surface area contributed by atoms with E-state index in [1.54, 1.807) is 12.4 Å². The zero-order chi connectivity index (χ0) is 18.9. The minimum absolute atomic E-state index is 0.108. The highest BCUT2D eigenvalue weighted by Crippen LogP contribution is 2.39. The van der Waals surface area contributed by atoms with E-state index in [0.717, 1.165) is 53.6 Å². The Kier molecular flexibility index (Phi) is 4.37. The Bertz CT molecular complexity index is 1120. The standard InChI is InChI=1S/C23H20FN3O/c24-21-9-8-19(17-5-1-2-6-18(17)21)23-20(16-10-12-25-13-11-16)15-26-27(23)22-7-3-4-14-28-22/h1-2,5-6,8-13,15,22H,3-4,7,14H2. The molecule has 1 aliphatic heterocycles. The van der Waals surface area contributed by atoms with Gasteiger partial charge in [0.25, 0.3) is 0 Å². The number of aromatic nitrogens is 3. The second-order valence-electron chi connectivity index (χ2n) is 7.05. The van der Waals surface area contributed by atoms with Crippen LogP contribution in [0.3, 0.4) is 0 Å². The van der Waals surface area contributed by atoms with E-state index < -0.39 is 0 Å². The monoisotopic (exact) mass is 373 g/mol. The number of nitrogens with zero attached hydrogens (tertiary/aromatic N) is 3. The molecule has 1 fully saturated rings. The van der Waals surface area contributed by atoms with Gasteiger partial charge in [-0.1, -0.05) is 24.3 Å². The Morgan fingerprint density at radius 2 is 1.75 bits per heavy atom. The van der Waals surface area contributed by atoms with E-state index >= 15 is 0 Å². The van der Waals surface area contributed by atoms with Gasteiger partial charge in [0.15, 0.2) is 6.23 Å². The third-order valence-corrected chi connectivity index (χ3v) is 5.34. The molecule has 0 aliphatic carbocycles. The molecule has 3 heterocycles. The Morgan fingerprint density at radius 1 is 0.929 bits per heavy atom. The van der Waals surface area contributed by atoms with Crippen molar-refractivity contribution in [2.75, 3.05) is 6.61 Å². The maximum absolute atomic E-state index is 14.4. The Balaban J connectivity index is 1.78. The molecule has 140 valence electrons. The molecule has 0 N–H and O–H groups in total. The molecule has 1 unspecified atom stereocenters. The van der Waals surface area contributed by atoms with Crippen molar-refractivity contribution >= 4 is 10.8 Å². The van der Waals surface area contributed by atoms with E-state index in [2.05, 4.69) is 4.98 Å². The number of pyridine rings is 1.